The van der Waals surface area contributed by atoms with E-state index < -0.39 is 0 Å². The Morgan fingerprint density at radius 3 is 2.55 bits per heavy atom. The Labute approximate surface area is 180 Å². The van der Waals surface area contributed by atoms with Crippen molar-refractivity contribution in [1.29, 1.82) is 0 Å². The van der Waals surface area contributed by atoms with E-state index in [9.17, 15) is 0 Å². The van der Waals surface area contributed by atoms with E-state index >= 15 is 0 Å². The molecule has 4 aromatic rings. The van der Waals surface area contributed by atoms with Crippen molar-refractivity contribution in [2.24, 2.45) is 0 Å². The average Bonchev–Trinajstić information content (AvgIpc) is 3.50. The van der Waals surface area contributed by atoms with Crippen molar-refractivity contribution in [2.75, 3.05) is 36.5 Å². The molecule has 156 valence electrons. The lowest BCUT2D eigenvalue weighted by atomic mass is 10.1. The second-order valence-corrected chi connectivity index (χ2v) is 8.19. The van der Waals surface area contributed by atoms with Crippen LogP contribution >= 0.6 is 0 Å². The summed E-state index contributed by atoms with van der Waals surface area (Å²) in [5, 5.41) is 10.7. The van der Waals surface area contributed by atoms with Crippen molar-refractivity contribution in [3.8, 4) is 0 Å². The predicted molar refractivity (Wildman–Crippen MR) is 121 cm³/mol. The molecule has 2 aromatic carbocycles. The summed E-state index contributed by atoms with van der Waals surface area (Å²) in [5.41, 5.74) is 5.24. The van der Waals surface area contributed by atoms with Crippen LogP contribution in [0.1, 0.15) is 29.6 Å². The minimum absolute atomic E-state index is 0.353. The van der Waals surface area contributed by atoms with E-state index in [1.165, 1.54) is 11.3 Å². The zero-order valence-electron chi connectivity index (χ0n) is 17.2. The second-order valence-electron chi connectivity index (χ2n) is 8.19. The molecule has 6 rings (SSSR count). The molecule has 0 amide bonds. The molecule has 0 spiro atoms. The molecule has 0 bridgehead atoms. The highest BCUT2D eigenvalue weighted by Crippen LogP contribution is 2.53. The summed E-state index contributed by atoms with van der Waals surface area (Å²) in [6.45, 7) is 3.43. The first-order valence-electron chi connectivity index (χ1n) is 10.8. The first-order valence-corrected chi connectivity index (χ1v) is 10.8. The third-order valence-corrected chi connectivity index (χ3v) is 6.17. The van der Waals surface area contributed by atoms with Gasteiger partial charge in [-0.2, -0.15) is 5.10 Å². The molecule has 2 N–H and O–H groups in total. The maximum Gasteiger partial charge on any atom is 0.160 e. The van der Waals surface area contributed by atoms with Crippen LogP contribution in [0.4, 0.5) is 17.2 Å². The molecule has 3 heterocycles. The minimum Gasteiger partial charge on any atom is -0.378 e. The number of nitrogens with zero attached hydrogens (tertiary/aromatic N) is 4. The molecule has 2 aromatic heterocycles. The standard InChI is InChI=1S/C24H24N6O/c1-2-4-16(5-3-1)19-14-20(19)23-27-21-15-25-29-22(21)24(28-23)26-17-6-8-18(9-7-17)30-10-12-31-13-11-30/h1-9,15,19-20H,10-14H2,(H,25,29)(H,26,27,28)/t19-,20+/m1/s1. The first kappa shape index (κ1) is 18.3. The largest absolute Gasteiger partial charge is 0.378 e. The Balaban J connectivity index is 1.25. The zero-order chi connectivity index (χ0) is 20.6. The lowest BCUT2D eigenvalue weighted by Crippen LogP contribution is -2.36. The number of H-pyrrole nitrogens is 1. The third-order valence-electron chi connectivity index (χ3n) is 6.17. The highest BCUT2D eigenvalue weighted by Gasteiger charge is 2.42. The van der Waals surface area contributed by atoms with E-state index in [2.05, 4.69) is 75.0 Å². The molecule has 7 nitrogen and oxygen atoms in total. The molecule has 0 unspecified atom stereocenters. The van der Waals surface area contributed by atoms with E-state index in [-0.39, 0.29) is 0 Å². The van der Waals surface area contributed by atoms with Gasteiger partial charge in [-0.3, -0.25) is 5.10 Å². The van der Waals surface area contributed by atoms with Gasteiger partial charge in [-0.15, -0.1) is 0 Å². The van der Waals surface area contributed by atoms with E-state index in [0.717, 1.165) is 61.1 Å². The van der Waals surface area contributed by atoms with Gasteiger partial charge in [0.15, 0.2) is 5.82 Å². The Morgan fingerprint density at radius 2 is 1.74 bits per heavy atom. The molecule has 2 atom stereocenters. The minimum atomic E-state index is 0.353. The van der Waals surface area contributed by atoms with Gasteiger partial charge in [-0.1, -0.05) is 30.3 Å². The number of ether oxygens (including phenoxy) is 1. The molecule has 7 heteroatoms. The molecule has 31 heavy (non-hydrogen) atoms. The molecule has 2 aliphatic rings. The van der Waals surface area contributed by atoms with Crippen molar-refractivity contribution in [3.05, 3.63) is 72.2 Å². The number of hydrogen-bond donors (Lipinski definition) is 2. The summed E-state index contributed by atoms with van der Waals surface area (Å²) in [4.78, 5) is 12.0. The van der Waals surface area contributed by atoms with E-state index in [1.807, 2.05) is 0 Å². The van der Waals surface area contributed by atoms with Crippen LogP contribution in [0.25, 0.3) is 11.0 Å². The zero-order valence-corrected chi connectivity index (χ0v) is 17.2. The summed E-state index contributed by atoms with van der Waals surface area (Å²) in [5.74, 6) is 2.50. The van der Waals surface area contributed by atoms with Crippen molar-refractivity contribution < 1.29 is 4.74 Å². The molecule has 1 saturated carbocycles. The highest BCUT2D eigenvalue weighted by molar-refractivity contribution is 5.87. The smallest absolute Gasteiger partial charge is 0.160 e. The molecule has 1 saturated heterocycles. The van der Waals surface area contributed by atoms with Gasteiger partial charge in [0.05, 0.1) is 19.4 Å². The average molecular weight is 412 g/mol. The monoisotopic (exact) mass is 412 g/mol. The number of aromatic amines is 1. The van der Waals surface area contributed by atoms with E-state index in [4.69, 9.17) is 14.7 Å². The van der Waals surface area contributed by atoms with Gasteiger partial charge in [-0.05, 0) is 42.2 Å². The van der Waals surface area contributed by atoms with Crippen LogP contribution < -0.4 is 10.2 Å². The molecule has 1 aliphatic carbocycles. The fourth-order valence-corrected chi connectivity index (χ4v) is 4.38. The van der Waals surface area contributed by atoms with Crippen LogP contribution in [0, 0.1) is 0 Å². The number of fused-ring (bicyclic) bond motifs is 1. The van der Waals surface area contributed by atoms with Crippen LogP contribution in [-0.2, 0) is 4.74 Å². The summed E-state index contributed by atoms with van der Waals surface area (Å²) >= 11 is 0. The summed E-state index contributed by atoms with van der Waals surface area (Å²) in [6.07, 6.45) is 2.86. The summed E-state index contributed by atoms with van der Waals surface area (Å²) < 4.78 is 5.45. The SMILES string of the molecule is c1ccc([C@H]2C[C@@H]2c2nc(Nc3ccc(N4CCOCC4)cc3)c3[nH]ncc3n2)cc1. The molecule has 0 radical (unpaired) electrons. The van der Waals surface area contributed by atoms with Crippen molar-refractivity contribution in [3.63, 3.8) is 0 Å². The van der Waals surface area contributed by atoms with Crippen LogP contribution in [0.5, 0.6) is 0 Å². The fourth-order valence-electron chi connectivity index (χ4n) is 4.38. The van der Waals surface area contributed by atoms with Gasteiger partial charge in [-0.25, -0.2) is 9.97 Å². The Bertz CT molecular complexity index is 1180. The number of aromatic nitrogens is 4. The van der Waals surface area contributed by atoms with E-state index in [1.54, 1.807) is 6.20 Å². The molecule has 1 aliphatic heterocycles. The van der Waals surface area contributed by atoms with Gasteiger partial charge < -0.3 is 15.0 Å². The number of rotatable bonds is 5. The topological polar surface area (TPSA) is 79.0 Å². The van der Waals surface area contributed by atoms with Gasteiger partial charge in [0.2, 0.25) is 0 Å². The second kappa shape index (κ2) is 7.67. The van der Waals surface area contributed by atoms with Crippen LogP contribution in [0.15, 0.2) is 60.8 Å². The number of hydrogen-bond acceptors (Lipinski definition) is 6. The maximum atomic E-state index is 5.45. The van der Waals surface area contributed by atoms with Gasteiger partial charge in [0.25, 0.3) is 0 Å². The molecule has 2 fully saturated rings. The number of nitrogens with one attached hydrogen (secondary N) is 2. The highest BCUT2D eigenvalue weighted by atomic mass is 16.5. The normalized spacial score (nSPS) is 20.7. The van der Waals surface area contributed by atoms with Gasteiger partial charge in [0.1, 0.15) is 16.9 Å². The van der Waals surface area contributed by atoms with Crippen molar-refractivity contribution >= 4 is 28.2 Å². The lowest BCUT2D eigenvalue weighted by Gasteiger charge is -2.28. The Hall–Kier alpha value is -3.45. The number of morpholine rings is 1. The van der Waals surface area contributed by atoms with Crippen molar-refractivity contribution in [2.45, 2.75) is 18.3 Å². The molecular formula is C24H24N6O. The van der Waals surface area contributed by atoms with Crippen LogP contribution in [0.3, 0.4) is 0 Å². The van der Waals surface area contributed by atoms with E-state index in [0.29, 0.717) is 11.8 Å². The maximum absolute atomic E-state index is 5.45. The number of anilines is 3. The van der Waals surface area contributed by atoms with Gasteiger partial charge in [0, 0.05) is 30.4 Å². The van der Waals surface area contributed by atoms with Gasteiger partial charge >= 0.3 is 0 Å². The van der Waals surface area contributed by atoms with Crippen molar-refractivity contribution in [1.82, 2.24) is 20.2 Å². The molecular weight excluding hydrogens is 388 g/mol. The third kappa shape index (κ3) is 3.61. The lowest BCUT2D eigenvalue weighted by molar-refractivity contribution is 0.122. The fraction of sp³-hybridized carbons (Fsp3) is 0.292. The number of benzene rings is 2. The summed E-state index contributed by atoms with van der Waals surface area (Å²) in [7, 11) is 0. The van der Waals surface area contributed by atoms with Crippen LogP contribution in [-0.4, -0.2) is 46.5 Å². The Kier molecular flexibility index (Phi) is 4.53. The van der Waals surface area contributed by atoms with Crippen LogP contribution in [0.2, 0.25) is 0 Å². The predicted octanol–water partition coefficient (Wildman–Crippen LogP) is 4.20. The quantitative estimate of drug-likeness (QED) is 0.511. The summed E-state index contributed by atoms with van der Waals surface area (Å²) in [6, 6.07) is 19.1. The Morgan fingerprint density at radius 1 is 0.935 bits per heavy atom. The first-order chi connectivity index (χ1) is 15.3.